The maximum Gasteiger partial charge on any atom is 0.292 e. The lowest BCUT2D eigenvalue weighted by atomic mass is 10.1. The summed E-state index contributed by atoms with van der Waals surface area (Å²) >= 11 is 0. The quantitative estimate of drug-likeness (QED) is 0.339. The van der Waals surface area contributed by atoms with Crippen LogP contribution in [0.5, 0.6) is 0 Å². The average Bonchev–Trinajstić information content (AvgIpc) is 2.37. The molecule has 110 valence electrons. The first-order valence-electron chi connectivity index (χ1n) is 6.38. The van der Waals surface area contributed by atoms with E-state index in [9.17, 15) is 14.9 Å². The normalized spacial score (nSPS) is 10.6. The second-order valence-corrected chi connectivity index (χ2v) is 4.80. The zero-order chi connectivity index (χ0) is 15.1. The van der Waals surface area contributed by atoms with Crippen LogP contribution in [0.3, 0.4) is 0 Å². The predicted octanol–water partition coefficient (Wildman–Crippen LogP) is 1.25. The highest BCUT2D eigenvalue weighted by Gasteiger charge is 2.14. The van der Waals surface area contributed by atoms with Crippen molar-refractivity contribution in [2.24, 2.45) is 0 Å². The van der Waals surface area contributed by atoms with E-state index in [4.69, 9.17) is 5.73 Å². The fourth-order valence-corrected chi connectivity index (χ4v) is 1.72. The standard InChI is InChI=1S/C13H20N4O3/c1-16(2)8-4-3-7-15-13(18)10-5-6-12(17(19)20)11(14)9-10/h5-6,9H,3-4,7-8,14H2,1-2H3,(H,15,18). The third kappa shape index (κ3) is 4.85. The Morgan fingerprint density at radius 2 is 2.10 bits per heavy atom. The van der Waals surface area contributed by atoms with Gasteiger partial charge < -0.3 is 16.0 Å². The number of benzene rings is 1. The number of hydrogen-bond donors (Lipinski definition) is 2. The Morgan fingerprint density at radius 3 is 2.65 bits per heavy atom. The van der Waals surface area contributed by atoms with Crippen molar-refractivity contribution in [3.63, 3.8) is 0 Å². The zero-order valence-corrected chi connectivity index (χ0v) is 11.8. The molecular weight excluding hydrogens is 260 g/mol. The van der Waals surface area contributed by atoms with E-state index in [0.717, 1.165) is 19.4 Å². The highest BCUT2D eigenvalue weighted by atomic mass is 16.6. The Labute approximate surface area is 117 Å². The lowest BCUT2D eigenvalue weighted by Crippen LogP contribution is -2.25. The van der Waals surface area contributed by atoms with Crippen LogP contribution >= 0.6 is 0 Å². The second-order valence-electron chi connectivity index (χ2n) is 4.80. The van der Waals surface area contributed by atoms with Crippen LogP contribution in [0.15, 0.2) is 18.2 Å². The van der Waals surface area contributed by atoms with E-state index >= 15 is 0 Å². The van der Waals surface area contributed by atoms with Gasteiger partial charge in [0.15, 0.2) is 0 Å². The number of nitrogens with one attached hydrogen (secondary N) is 1. The van der Waals surface area contributed by atoms with Gasteiger partial charge in [-0.3, -0.25) is 14.9 Å². The van der Waals surface area contributed by atoms with Gasteiger partial charge in [-0.05, 0) is 45.6 Å². The summed E-state index contributed by atoms with van der Waals surface area (Å²) in [4.78, 5) is 24.0. The van der Waals surface area contributed by atoms with Crippen LogP contribution in [-0.2, 0) is 0 Å². The number of nitro benzene ring substituents is 1. The molecule has 1 amide bonds. The van der Waals surface area contributed by atoms with Crippen molar-refractivity contribution >= 4 is 17.3 Å². The number of amides is 1. The van der Waals surface area contributed by atoms with Gasteiger partial charge in [0.25, 0.3) is 11.6 Å². The van der Waals surface area contributed by atoms with E-state index in [1.807, 2.05) is 14.1 Å². The number of nitrogens with zero attached hydrogens (tertiary/aromatic N) is 2. The molecule has 3 N–H and O–H groups in total. The van der Waals surface area contributed by atoms with Gasteiger partial charge >= 0.3 is 0 Å². The molecule has 0 saturated heterocycles. The van der Waals surface area contributed by atoms with Crippen LogP contribution < -0.4 is 11.1 Å². The Morgan fingerprint density at radius 1 is 1.40 bits per heavy atom. The number of carbonyl (C=O) groups is 1. The van der Waals surface area contributed by atoms with Crippen molar-refractivity contribution in [1.29, 1.82) is 0 Å². The summed E-state index contributed by atoms with van der Waals surface area (Å²) in [7, 11) is 4.00. The topological polar surface area (TPSA) is 102 Å². The molecule has 0 bridgehead atoms. The van der Waals surface area contributed by atoms with Crippen LogP contribution in [0, 0.1) is 10.1 Å². The predicted molar refractivity (Wildman–Crippen MR) is 77.6 cm³/mol. The Hall–Kier alpha value is -2.15. The van der Waals surface area contributed by atoms with Crippen molar-refractivity contribution in [3.05, 3.63) is 33.9 Å². The summed E-state index contributed by atoms with van der Waals surface area (Å²) in [6, 6.07) is 3.98. The lowest BCUT2D eigenvalue weighted by molar-refractivity contribution is -0.383. The molecule has 1 aromatic rings. The molecule has 0 atom stereocenters. The SMILES string of the molecule is CN(C)CCCCNC(=O)c1ccc([N+](=O)[O-])c(N)c1. The average molecular weight is 280 g/mol. The third-order valence-electron chi connectivity index (χ3n) is 2.80. The number of nitrogens with two attached hydrogens (primary N) is 1. The number of rotatable bonds is 7. The smallest absolute Gasteiger partial charge is 0.292 e. The van der Waals surface area contributed by atoms with Crippen molar-refractivity contribution in [3.8, 4) is 0 Å². The van der Waals surface area contributed by atoms with Gasteiger partial charge in [-0.2, -0.15) is 0 Å². The maximum atomic E-state index is 11.8. The van der Waals surface area contributed by atoms with Gasteiger partial charge in [-0.1, -0.05) is 0 Å². The molecule has 0 aliphatic heterocycles. The zero-order valence-electron chi connectivity index (χ0n) is 11.8. The molecule has 0 radical (unpaired) electrons. The fourth-order valence-electron chi connectivity index (χ4n) is 1.72. The van der Waals surface area contributed by atoms with Crippen molar-refractivity contribution in [1.82, 2.24) is 10.2 Å². The summed E-state index contributed by atoms with van der Waals surface area (Å²) in [5.74, 6) is -0.267. The van der Waals surface area contributed by atoms with E-state index in [0.29, 0.717) is 12.1 Å². The van der Waals surface area contributed by atoms with Crippen LogP contribution in [-0.4, -0.2) is 42.9 Å². The summed E-state index contributed by atoms with van der Waals surface area (Å²) < 4.78 is 0. The number of unbranched alkanes of at least 4 members (excludes halogenated alkanes) is 1. The first kappa shape index (κ1) is 15.9. The van der Waals surface area contributed by atoms with Crippen molar-refractivity contribution in [2.75, 3.05) is 32.9 Å². The number of carbonyl (C=O) groups excluding carboxylic acids is 1. The lowest BCUT2D eigenvalue weighted by Gasteiger charge is -2.09. The van der Waals surface area contributed by atoms with Gasteiger partial charge in [-0.25, -0.2) is 0 Å². The van der Waals surface area contributed by atoms with Gasteiger partial charge in [-0.15, -0.1) is 0 Å². The Kier molecular flexibility index (Phi) is 5.92. The molecule has 0 fully saturated rings. The van der Waals surface area contributed by atoms with E-state index < -0.39 is 4.92 Å². The Bertz CT molecular complexity index is 489. The molecule has 7 nitrogen and oxygen atoms in total. The monoisotopic (exact) mass is 280 g/mol. The highest BCUT2D eigenvalue weighted by molar-refractivity contribution is 5.95. The number of nitrogen functional groups attached to an aromatic ring is 1. The molecule has 0 aliphatic carbocycles. The van der Waals surface area contributed by atoms with E-state index in [1.54, 1.807) is 0 Å². The number of anilines is 1. The van der Waals surface area contributed by atoms with Crippen molar-refractivity contribution < 1.29 is 9.72 Å². The van der Waals surface area contributed by atoms with Crippen LogP contribution in [0.25, 0.3) is 0 Å². The van der Waals surface area contributed by atoms with Crippen LogP contribution in [0.4, 0.5) is 11.4 Å². The van der Waals surface area contributed by atoms with Crippen molar-refractivity contribution in [2.45, 2.75) is 12.8 Å². The van der Waals surface area contributed by atoms with Crippen LogP contribution in [0.2, 0.25) is 0 Å². The van der Waals surface area contributed by atoms with E-state index in [2.05, 4.69) is 10.2 Å². The summed E-state index contributed by atoms with van der Waals surface area (Å²) in [6.07, 6.45) is 1.88. The van der Waals surface area contributed by atoms with Gasteiger partial charge in [0, 0.05) is 18.2 Å². The number of nitro groups is 1. The molecule has 0 heterocycles. The minimum absolute atomic E-state index is 0.00439. The molecule has 0 aromatic heterocycles. The molecular formula is C13H20N4O3. The van der Waals surface area contributed by atoms with E-state index in [1.165, 1.54) is 18.2 Å². The molecule has 0 aliphatic rings. The highest BCUT2D eigenvalue weighted by Crippen LogP contribution is 2.21. The third-order valence-corrected chi connectivity index (χ3v) is 2.80. The Balaban J connectivity index is 2.48. The molecule has 0 unspecified atom stereocenters. The molecule has 1 rings (SSSR count). The molecule has 1 aromatic carbocycles. The minimum Gasteiger partial charge on any atom is -0.393 e. The van der Waals surface area contributed by atoms with Gasteiger partial charge in [0.2, 0.25) is 0 Å². The first-order chi connectivity index (χ1) is 9.41. The summed E-state index contributed by atoms with van der Waals surface area (Å²) in [5, 5.41) is 13.4. The van der Waals surface area contributed by atoms with Gasteiger partial charge in [0.1, 0.15) is 5.69 Å². The summed E-state index contributed by atoms with van der Waals surface area (Å²) in [5.41, 5.74) is 5.68. The molecule has 20 heavy (non-hydrogen) atoms. The van der Waals surface area contributed by atoms with E-state index in [-0.39, 0.29) is 17.3 Å². The summed E-state index contributed by atoms with van der Waals surface area (Å²) in [6.45, 7) is 1.55. The van der Waals surface area contributed by atoms with Gasteiger partial charge in [0.05, 0.1) is 4.92 Å². The largest absolute Gasteiger partial charge is 0.393 e. The maximum absolute atomic E-state index is 11.8. The molecule has 7 heteroatoms. The second kappa shape index (κ2) is 7.44. The minimum atomic E-state index is -0.571. The van der Waals surface area contributed by atoms with Crippen LogP contribution in [0.1, 0.15) is 23.2 Å². The first-order valence-corrected chi connectivity index (χ1v) is 6.38. The number of hydrogen-bond acceptors (Lipinski definition) is 5. The fraction of sp³-hybridized carbons (Fsp3) is 0.462. The molecule has 0 spiro atoms. The molecule has 0 saturated carbocycles.